The van der Waals surface area contributed by atoms with E-state index in [1.54, 1.807) is 19.2 Å². The molecule has 0 aliphatic carbocycles. The van der Waals surface area contributed by atoms with Crippen LogP contribution in [0.5, 0.6) is 5.75 Å². The Hall–Kier alpha value is -3.16. The zero-order valence-electron chi connectivity index (χ0n) is 16.6. The van der Waals surface area contributed by atoms with Gasteiger partial charge >= 0.3 is 0 Å². The molecule has 0 saturated heterocycles. The number of rotatable bonds is 5. The monoisotopic (exact) mass is 408 g/mol. The van der Waals surface area contributed by atoms with E-state index in [2.05, 4.69) is 9.13 Å². The topological polar surface area (TPSA) is 71.1 Å². The van der Waals surface area contributed by atoms with Crippen molar-refractivity contribution in [2.45, 2.75) is 13.1 Å². The van der Waals surface area contributed by atoms with Gasteiger partial charge in [0.1, 0.15) is 11.6 Å². The molecule has 0 spiro atoms. The molecule has 0 atom stereocenters. The molecular formula is C23H22F2N4O. The lowest BCUT2D eigenvalue weighted by molar-refractivity contribution is 0.420. The van der Waals surface area contributed by atoms with E-state index >= 15 is 0 Å². The SMILES string of the molecule is COc1c2c(cc3c4cc(F)ccc4n(CCN)c13)c1cc(F)ccc1n2CCN. The van der Waals surface area contributed by atoms with Crippen LogP contribution in [0.15, 0.2) is 42.5 Å². The Bertz CT molecular complexity index is 1330. The van der Waals surface area contributed by atoms with Gasteiger partial charge in [-0.3, -0.25) is 0 Å². The Balaban J connectivity index is 2.07. The Morgan fingerprint density at radius 2 is 1.20 bits per heavy atom. The molecule has 0 saturated carbocycles. The molecule has 5 rings (SSSR count). The first-order valence-electron chi connectivity index (χ1n) is 9.89. The number of ether oxygens (including phenoxy) is 1. The van der Waals surface area contributed by atoms with Crippen molar-refractivity contribution in [3.8, 4) is 5.75 Å². The van der Waals surface area contributed by atoms with E-state index in [-0.39, 0.29) is 11.6 Å². The highest BCUT2D eigenvalue weighted by atomic mass is 19.1. The van der Waals surface area contributed by atoms with Crippen molar-refractivity contribution in [3.63, 3.8) is 0 Å². The summed E-state index contributed by atoms with van der Waals surface area (Å²) in [5.74, 6) is 0.0209. The van der Waals surface area contributed by atoms with E-state index in [0.29, 0.717) is 31.9 Å². The van der Waals surface area contributed by atoms with Gasteiger partial charge in [0.2, 0.25) is 0 Å². The average molecular weight is 408 g/mol. The maximum atomic E-state index is 14.1. The zero-order valence-corrected chi connectivity index (χ0v) is 16.6. The van der Waals surface area contributed by atoms with Crippen LogP contribution in [0.2, 0.25) is 0 Å². The van der Waals surface area contributed by atoms with Crippen LogP contribution >= 0.6 is 0 Å². The predicted octanol–water partition coefficient (Wildman–Crippen LogP) is 4.11. The summed E-state index contributed by atoms with van der Waals surface area (Å²) in [6.45, 7) is 1.96. The normalized spacial score (nSPS) is 12.0. The molecule has 7 heteroatoms. The summed E-state index contributed by atoms with van der Waals surface area (Å²) >= 11 is 0. The second kappa shape index (κ2) is 6.97. The van der Waals surface area contributed by atoms with Crippen molar-refractivity contribution in [1.29, 1.82) is 0 Å². The number of methoxy groups -OCH3 is 1. The molecule has 3 aromatic carbocycles. The third-order valence-electron chi connectivity index (χ3n) is 5.76. The van der Waals surface area contributed by atoms with Crippen molar-refractivity contribution in [2.75, 3.05) is 20.2 Å². The zero-order chi connectivity index (χ0) is 21.0. The van der Waals surface area contributed by atoms with E-state index < -0.39 is 0 Å². The van der Waals surface area contributed by atoms with Crippen molar-refractivity contribution in [2.24, 2.45) is 11.5 Å². The van der Waals surface area contributed by atoms with E-state index in [0.717, 1.165) is 43.6 Å². The Morgan fingerprint density at radius 3 is 1.60 bits per heavy atom. The highest BCUT2D eigenvalue weighted by molar-refractivity contribution is 6.21. The fraction of sp³-hybridized carbons (Fsp3) is 0.217. The van der Waals surface area contributed by atoms with Crippen molar-refractivity contribution < 1.29 is 13.5 Å². The van der Waals surface area contributed by atoms with Gasteiger partial charge in [0.25, 0.3) is 0 Å². The third kappa shape index (κ3) is 2.52. The molecule has 154 valence electrons. The number of aromatic nitrogens is 2. The first-order valence-corrected chi connectivity index (χ1v) is 9.89. The average Bonchev–Trinajstić information content (AvgIpc) is 3.20. The van der Waals surface area contributed by atoms with Gasteiger partial charge in [0.05, 0.1) is 18.1 Å². The van der Waals surface area contributed by atoms with Crippen LogP contribution in [0.25, 0.3) is 43.6 Å². The molecule has 0 aliphatic rings. The number of benzene rings is 3. The number of halogens is 2. The summed E-state index contributed by atoms with van der Waals surface area (Å²) in [7, 11) is 1.62. The largest absolute Gasteiger partial charge is 0.492 e. The maximum Gasteiger partial charge on any atom is 0.167 e. The molecule has 0 bridgehead atoms. The standard InChI is InChI=1S/C23H22F2N4O/c1-30-23-21-17(15-10-13(24)2-4-19(15)28(21)8-6-26)12-18-16-11-14(25)3-5-20(16)29(9-7-27)22(18)23/h2-5,10-12H,6-9,26-27H2,1H3. The quantitative estimate of drug-likeness (QED) is 0.460. The van der Waals surface area contributed by atoms with Crippen molar-refractivity contribution in [3.05, 3.63) is 54.1 Å². The second-order valence-electron chi connectivity index (χ2n) is 7.41. The van der Waals surface area contributed by atoms with Gasteiger partial charge in [-0.05, 0) is 42.5 Å². The van der Waals surface area contributed by atoms with E-state index in [9.17, 15) is 8.78 Å². The maximum absolute atomic E-state index is 14.1. The highest BCUT2D eigenvalue weighted by Gasteiger charge is 2.23. The number of nitrogens with two attached hydrogens (primary N) is 2. The first-order chi connectivity index (χ1) is 14.6. The Labute approximate surface area is 171 Å². The van der Waals surface area contributed by atoms with Crippen LogP contribution in [0.4, 0.5) is 8.78 Å². The highest BCUT2D eigenvalue weighted by Crippen LogP contribution is 2.44. The summed E-state index contributed by atoms with van der Waals surface area (Å²) < 4.78 is 38.3. The number of fused-ring (bicyclic) bond motifs is 6. The van der Waals surface area contributed by atoms with Gasteiger partial charge in [0.15, 0.2) is 5.75 Å². The van der Waals surface area contributed by atoms with E-state index in [1.807, 2.05) is 6.07 Å². The Kier molecular flexibility index (Phi) is 4.38. The second-order valence-corrected chi connectivity index (χ2v) is 7.41. The minimum atomic E-state index is -0.315. The van der Waals surface area contributed by atoms with Crippen LogP contribution in [0.1, 0.15) is 0 Å². The van der Waals surface area contributed by atoms with Gasteiger partial charge in [-0.15, -0.1) is 0 Å². The minimum absolute atomic E-state index is 0.315. The first kappa shape index (κ1) is 18.8. The van der Waals surface area contributed by atoms with Crippen LogP contribution in [-0.2, 0) is 13.1 Å². The lowest BCUT2D eigenvalue weighted by atomic mass is 10.1. The van der Waals surface area contributed by atoms with Gasteiger partial charge < -0.3 is 25.3 Å². The van der Waals surface area contributed by atoms with Crippen LogP contribution < -0.4 is 16.2 Å². The molecule has 5 nitrogen and oxygen atoms in total. The van der Waals surface area contributed by atoms with Crippen molar-refractivity contribution in [1.82, 2.24) is 9.13 Å². The number of hydrogen-bond acceptors (Lipinski definition) is 3. The lowest BCUT2D eigenvalue weighted by Crippen LogP contribution is -2.11. The van der Waals surface area contributed by atoms with Gasteiger partial charge in [-0.1, -0.05) is 0 Å². The third-order valence-corrected chi connectivity index (χ3v) is 5.76. The smallest absolute Gasteiger partial charge is 0.167 e. The summed E-state index contributed by atoms with van der Waals surface area (Å²) in [5.41, 5.74) is 15.2. The van der Waals surface area contributed by atoms with Crippen LogP contribution in [-0.4, -0.2) is 29.3 Å². The number of hydrogen-bond donors (Lipinski definition) is 2. The summed E-state index contributed by atoms with van der Waals surface area (Å²) in [6.07, 6.45) is 0. The molecule has 30 heavy (non-hydrogen) atoms. The molecule has 0 unspecified atom stereocenters. The summed E-state index contributed by atoms with van der Waals surface area (Å²) in [6, 6.07) is 11.5. The molecule has 0 aliphatic heterocycles. The van der Waals surface area contributed by atoms with Crippen LogP contribution in [0.3, 0.4) is 0 Å². The fourth-order valence-corrected chi connectivity index (χ4v) is 4.66. The number of nitrogens with zero attached hydrogens (tertiary/aromatic N) is 2. The van der Waals surface area contributed by atoms with Gasteiger partial charge in [0, 0.05) is 58.8 Å². The Morgan fingerprint density at radius 1 is 0.733 bits per heavy atom. The fourth-order valence-electron chi connectivity index (χ4n) is 4.66. The van der Waals surface area contributed by atoms with E-state index in [4.69, 9.17) is 16.2 Å². The predicted molar refractivity (Wildman–Crippen MR) is 117 cm³/mol. The molecule has 2 aromatic heterocycles. The summed E-state index contributed by atoms with van der Waals surface area (Å²) in [4.78, 5) is 0. The molecule has 5 aromatic rings. The van der Waals surface area contributed by atoms with E-state index in [1.165, 1.54) is 24.3 Å². The molecule has 0 amide bonds. The van der Waals surface area contributed by atoms with Gasteiger partial charge in [-0.25, -0.2) is 8.78 Å². The molecule has 0 fully saturated rings. The minimum Gasteiger partial charge on any atom is -0.492 e. The van der Waals surface area contributed by atoms with Crippen molar-refractivity contribution >= 4 is 43.6 Å². The molecule has 4 N–H and O–H groups in total. The van der Waals surface area contributed by atoms with Crippen LogP contribution in [0, 0.1) is 11.6 Å². The molecule has 0 radical (unpaired) electrons. The molecule has 2 heterocycles. The lowest BCUT2D eigenvalue weighted by Gasteiger charge is -2.13. The summed E-state index contributed by atoms with van der Waals surface area (Å²) in [5, 5.41) is 3.24. The molecular weight excluding hydrogens is 386 g/mol. The van der Waals surface area contributed by atoms with Gasteiger partial charge in [-0.2, -0.15) is 0 Å².